The molecular weight excluding hydrogens is 410 g/mol. The molecule has 0 saturated heterocycles. The first-order valence-corrected chi connectivity index (χ1v) is 10.7. The molecule has 0 saturated carbocycles. The number of amides is 1. The van der Waals surface area contributed by atoms with E-state index in [1.165, 1.54) is 0 Å². The van der Waals surface area contributed by atoms with Crippen LogP contribution in [0.5, 0.6) is 5.75 Å². The number of hydrazone groups is 1. The van der Waals surface area contributed by atoms with Crippen LogP contribution in [0.15, 0.2) is 53.6 Å². The van der Waals surface area contributed by atoms with Crippen LogP contribution in [-0.2, 0) is 4.79 Å². The summed E-state index contributed by atoms with van der Waals surface area (Å²) in [5.41, 5.74) is 3.96. The summed E-state index contributed by atoms with van der Waals surface area (Å²) in [5, 5.41) is 7.74. The Balaban J connectivity index is 1.79. The highest BCUT2D eigenvalue weighted by atomic mass is 35.5. The third kappa shape index (κ3) is 4.02. The van der Waals surface area contributed by atoms with Gasteiger partial charge < -0.3 is 4.74 Å². The van der Waals surface area contributed by atoms with Crippen LogP contribution in [0.1, 0.15) is 49.9 Å². The van der Waals surface area contributed by atoms with Gasteiger partial charge in [-0.3, -0.25) is 4.79 Å². The molecule has 1 amide bonds. The number of ether oxygens (including phenoxy) is 1. The summed E-state index contributed by atoms with van der Waals surface area (Å²) in [6, 6.07) is 15.5. The lowest BCUT2D eigenvalue weighted by molar-refractivity contribution is -0.141. The largest absolute Gasteiger partial charge is 0.497 e. The number of carbonyl (C=O) groups excluding carboxylic acids is 1. The first-order chi connectivity index (χ1) is 14.7. The Morgan fingerprint density at radius 1 is 1.16 bits per heavy atom. The SMILES string of the molecule is COc1ccc(C2=NN(C(=O)C(C)(C)C)[C@H](c3cc4cccc(C)c4nc3Cl)C2)cc1. The molecule has 0 radical (unpaired) electrons. The molecule has 1 aromatic heterocycles. The second-order valence-corrected chi connectivity index (χ2v) is 9.27. The van der Waals surface area contributed by atoms with Gasteiger partial charge in [0.05, 0.1) is 24.4 Å². The standard InChI is InChI=1S/C25H26ClN3O2/c1-15-7-6-8-17-13-19(23(26)27-22(15)17)21-14-20(16-9-11-18(31-5)12-10-16)28-29(21)24(30)25(2,3)4/h6-13,21H,14H2,1-5H3/t21-/m0/s1. The van der Waals surface area contributed by atoms with E-state index < -0.39 is 5.41 Å². The van der Waals surface area contributed by atoms with E-state index in [1.54, 1.807) is 12.1 Å². The van der Waals surface area contributed by atoms with E-state index in [0.717, 1.165) is 39.1 Å². The molecule has 2 heterocycles. The summed E-state index contributed by atoms with van der Waals surface area (Å²) in [7, 11) is 1.64. The highest BCUT2D eigenvalue weighted by Gasteiger charge is 2.39. The number of rotatable bonds is 3. The predicted molar refractivity (Wildman–Crippen MR) is 125 cm³/mol. The monoisotopic (exact) mass is 435 g/mol. The van der Waals surface area contributed by atoms with Crippen LogP contribution in [0.25, 0.3) is 10.9 Å². The number of nitrogens with zero attached hydrogens (tertiary/aromatic N) is 3. The lowest BCUT2D eigenvalue weighted by atomic mass is 9.93. The number of benzene rings is 2. The zero-order valence-electron chi connectivity index (χ0n) is 18.4. The highest BCUT2D eigenvalue weighted by molar-refractivity contribution is 6.30. The molecule has 2 aromatic carbocycles. The van der Waals surface area contributed by atoms with Gasteiger partial charge in [0.2, 0.25) is 5.91 Å². The number of hydrogen-bond acceptors (Lipinski definition) is 4. The van der Waals surface area contributed by atoms with Crippen LogP contribution in [0.4, 0.5) is 0 Å². The Labute approximate surface area is 187 Å². The fourth-order valence-electron chi connectivity index (χ4n) is 3.82. The number of hydrogen-bond donors (Lipinski definition) is 0. The molecule has 0 spiro atoms. The van der Waals surface area contributed by atoms with Crippen LogP contribution in [0, 0.1) is 12.3 Å². The van der Waals surface area contributed by atoms with E-state index in [4.69, 9.17) is 21.4 Å². The lowest BCUT2D eigenvalue weighted by Gasteiger charge is -2.28. The molecule has 1 aliphatic rings. The smallest absolute Gasteiger partial charge is 0.248 e. The van der Waals surface area contributed by atoms with Crippen molar-refractivity contribution in [3.63, 3.8) is 0 Å². The van der Waals surface area contributed by atoms with Gasteiger partial charge in [0.15, 0.2) is 0 Å². The molecule has 0 unspecified atom stereocenters. The van der Waals surface area contributed by atoms with Crippen molar-refractivity contribution < 1.29 is 9.53 Å². The summed E-state index contributed by atoms with van der Waals surface area (Å²) >= 11 is 6.66. The minimum absolute atomic E-state index is 0.0542. The maximum atomic E-state index is 13.3. The summed E-state index contributed by atoms with van der Waals surface area (Å²) < 4.78 is 5.26. The second-order valence-electron chi connectivity index (χ2n) is 8.91. The Kier molecular flexibility index (Phi) is 5.48. The fourth-order valence-corrected chi connectivity index (χ4v) is 4.08. The molecular formula is C25H26ClN3O2. The van der Waals surface area contributed by atoms with Crippen molar-refractivity contribution in [1.82, 2.24) is 9.99 Å². The second kappa shape index (κ2) is 7.97. The Morgan fingerprint density at radius 3 is 2.52 bits per heavy atom. The number of methoxy groups -OCH3 is 1. The van der Waals surface area contributed by atoms with Crippen molar-refractivity contribution in [1.29, 1.82) is 0 Å². The predicted octanol–water partition coefficient (Wildman–Crippen LogP) is 5.93. The Bertz CT molecular complexity index is 1180. The maximum Gasteiger partial charge on any atom is 0.248 e. The summed E-state index contributed by atoms with van der Waals surface area (Å²) in [6.45, 7) is 7.71. The molecule has 1 aliphatic heterocycles. The van der Waals surface area contributed by atoms with E-state index >= 15 is 0 Å². The van der Waals surface area contributed by atoms with Gasteiger partial charge >= 0.3 is 0 Å². The average molecular weight is 436 g/mol. The minimum Gasteiger partial charge on any atom is -0.497 e. The van der Waals surface area contributed by atoms with Gasteiger partial charge in [0.1, 0.15) is 10.9 Å². The van der Waals surface area contributed by atoms with Gasteiger partial charge in [-0.15, -0.1) is 0 Å². The van der Waals surface area contributed by atoms with E-state index in [0.29, 0.717) is 11.6 Å². The summed E-state index contributed by atoms with van der Waals surface area (Å²) in [6.07, 6.45) is 0.562. The van der Waals surface area contributed by atoms with Crippen molar-refractivity contribution in [2.24, 2.45) is 10.5 Å². The van der Waals surface area contributed by atoms with Crippen molar-refractivity contribution in [3.05, 3.63) is 70.4 Å². The van der Waals surface area contributed by atoms with Crippen molar-refractivity contribution in [3.8, 4) is 5.75 Å². The normalized spacial score (nSPS) is 16.5. The lowest BCUT2D eigenvalue weighted by Crippen LogP contribution is -2.36. The number of para-hydroxylation sites is 1. The van der Waals surface area contributed by atoms with Gasteiger partial charge in [-0.1, -0.05) is 50.6 Å². The number of carbonyl (C=O) groups is 1. The third-order valence-corrected chi connectivity index (χ3v) is 5.87. The molecule has 5 nitrogen and oxygen atoms in total. The van der Waals surface area contributed by atoms with Gasteiger partial charge in [-0.25, -0.2) is 9.99 Å². The first-order valence-electron chi connectivity index (χ1n) is 10.3. The molecule has 4 rings (SSSR count). The number of aryl methyl sites for hydroxylation is 1. The molecule has 0 bridgehead atoms. The molecule has 6 heteroatoms. The number of halogens is 1. The van der Waals surface area contributed by atoms with E-state index in [2.05, 4.69) is 4.98 Å². The summed E-state index contributed by atoms with van der Waals surface area (Å²) in [4.78, 5) is 17.9. The van der Waals surface area contributed by atoms with Crippen molar-refractivity contribution in [2.75, 3.05) is 7.11 Å². The highest BCUT2D eigenvalue weighted by Crippen LogP contribution is 2.39. The number of pyridine rings is 1. The zero-order valence-corrected chi connectivity index (χ0v) is 19.2. The summed E-state index contributed by atoms with van der Waals surface area (Å²) in [5.74, 6) is 0.722. The maximum absolute atomic E-state index is 13.3. The molecule has 1 atom stereocenters. The molecule has 0 N–H and O–H groups in total. The molecule has 3 aromatic rings. The van der Waals surface area contributed by atoms with Gasteiger partial charge in [-0.2, -0.15) is 5.10 Å². The minimum atomic E-state index is -0.579. The first kappa shape index (κ1) is 21.3. The number of fused-ring (bicyclic) bond motifs is 1. The fraction of sp³-hybridized carbons (Fsp3) is 0.320. The number of aromatic nitrogens is 1. The molecule has 31 heavy (non-hydrogen) atoms. The topological polar surface area (TPSA) is 54.8 Å². The molecule has 0 fully saturated rings. The van der Waals surface area contributed by atoms with Crippen LogP contribution in [-0.4, -0.2) is 28.7 Å². The van der Waals surface area contributed by atoms with Crippen LogP contribution < -0.4 is 4.74 Å². The third-order valence-electron chi connectivity index (χ3n) is 5.57. The van der Waals surface area contributed by atoms with Crippen LogP contribution in [0.2, 0.25) is 5.15 Å². The molecule has 160 valence electrons. The van der Waals surface area contributed by atoms with Crippen LogP contribution in [0.3, 0.4) is 0 Å². The van der Waals surface area contributed by atoms with Crippen LogP contribution >= 0.6 is 11.6 Å². The average Bonchev–Trinajstić information content (AvgIpc) is 3.18. The van der Waals surface area contributed by atoms with Gasteiger partial charge in [-0.05, 0) is 48.4 Å². The Hall–Kier alpha value is -2.92. The van der Waals surface area contributed by atoms with E-state index in [1.807, 2.05) is 76.2 Å². The molecule has 0 aliphatic carbocycles. The van der Waals surface area contributed by atoms with Gasteiger partial charge in [0, 0.05) is 22.8 Å². The van der Waals surface area contributed by atoms with E-state index in [-0.39, 0.29) is 11.9 Å². The Morgan fingerprint density at radius 2 is 1.87 bits per heavy atom. The van der Waals surface area contributed by atoms with E-state index in [9.17, 15) is 4.79 Å². The van der Waals surface area contributed by atoms with Gasteiger partial charge in [0.25, 0.3) is 0 Å². The zero-order chi connectivity index (χ0) is 22.3. The quantitative estimate of drug-likeness (QED) is 0.479. The van der Waals surface area contributed by atoms with Crippen molar-refractivity contribution in [2.45, 2.75) is 40.2 Å². The van der Waals surface area contributed by atoms with Crippen molar-refractivity contribution >= 4 is 34.1 Å².